The molecule has 0 fully saturated rings. The molecule has 3 aromatic rings. The monoisotopic (exact) mass is 236 g/mol. The smallest absolute Gasteiger partial charge is 0.151 e. The van der Waals surface area contributed by atoms with Gasteiger partial charge >= 0.3 is 0 Å². The average molecular weight is 236 g/mol. The number of benzene rings is 1. The lowest BCUT2D eigenvalue weighted by Gasteiger charge is -1.98. The van der Waals surface area contributed by atoms with Crippen LogP contribution < -0.4 is 0 Å². The summed E-state index contributed by atoms with van der Waals surface area (Å²) >= 11 is 0. The molecule has 0 spiro atoms. The van der Waals surface area contributed by atoms with Crippen LogP contribution in [0.25, 0.3) is 22.2 Å². The molecular formula is C15H12N2O. The molecule has 0 aliphatic carbocycles. The van der Waals surface area contributed by atoms with E-state index in [0.717, 1.165) is 17.5 Å². The second kappa shape index (κ2) is 4.11. The largest absolute Gasteiger partial charge is 0.350 e. The highest BCUT2D eigenvalue weighted by Crippen LogP contribution is 2.28. The highest BCUT2D eigenvalue weighted by molar-refractivity contribution is 5.95. The van der Waals surface area contributed by atoms with Crippen LogP contribution >= 0.6 is 0 Å². The minimum absolute atomic E-state index is 0.596. The van der Waals surface area contributed by atoms with Gasteiger partial charge in [-0.25, -0.2) is 0 Å². The number of para-hydroxylation sites is 1. The van der Waals surface area contributed by atoms with E-state index in [1.807, 2.05) is 25.2 Å². The molecule has 0 aliphatic heterocycles. The predicted octanol–water partition coefficient (Wildman–Crippen LogP) is 3.05. The van der Waals surface area contributed by atoms with Crippen molar-refractivity contribution < 1.29 is 4.79 Å². The highest BCUT2D eigenvalue weighted by Gasteiger charge is 2.08. The van der Waals surface area contributed by atoms with Crippen LogP contribution in [0.1, 0.15) is 10.4 Å². The van der Waals surface area contributed by atoms with E-state index in [4.69, 9.17) is 0 Å². The molecule has 0 saturated heterocycles. The van der Waals surface area contributed by atoms with Crippen molar-refractivity contribution in [2.75, 3.05) is 0 Å². The summed E-state index contributed by atoms with van der Waals surface area (Å²) in [5, 5.41) is 1.17. The number of hydrogen-bond donors (Lipinski definition) is 0. The molecule has 2 heterocycles. The molecule has 0 radical (unpaired) electrons. The highest BCUT2D eigenvalue weighted by atomic mass is 16.1. The summed E-state index contributed by atoms with van der Waals surface area (Å²) in [7, 11) is 2.02. The lowest BCUT2D eigenvalue weighted by molar-refractivity contribution is 0.112. The summed E-state index contributed by atoms with van der Waals surface area (Å²) in [5.74, 6) is 0. The Kier molecular flexibility index (Phi) is 2.45. The first-order valence-electron chi connectivity index (χ1n) is 5.75. The fourth-order valence-corrected chi connectivity index (χ4v) is 2.18. The van der Waals surface area contributed by atoms with Crippen molar-refractivity contribution in [2.24, 2.45) is 7.05 Å². The maximum atomic E-state index is 10.6. The van der Waals surface area contributed by atoms with Gasteiger partial charge in [-0.1, -0.05) is 18.2 Å². The molecule has 88 valence electrons. The number of pyridine rings is 1. The molecule has 3 heteroatoms. The van der Waals surface area contributed by atoms with E-state index in [-0.39, 0.29) is 0 Å². The lowest BCUT2D eigenvalue weighted by atomic mass is 10.1. The van der Waals surface area contributed by atoms with E-state index in [1.165, 1.54) is 10.9 Å². The molecule has 3 rings (SSSR count). The summed E-state index contributed by atoms with van der Waals surface area (Å²) in [6.45, 7) is 0. The van der Waals surface area contributed by atoms with Crippen LogP contribution in [0, 0.1) is 0 Å². The van der Waals surface area contributed by atoms with Gasteiger partial charge in [-0.15, -0.1) is 0 Å². The molecule has 0 atom stereocenters. The van der Waals surface area contributed by atoms with Crippen molar-refractivity contribution in [3.8, 4) is 11.3 Å². The second-order valence-electron chi connectivity index (χ2n) is 4.27. The van der Waals surface area contributed by atoms with Gasteiger partial charge in [0.05, 0.1) is 5.69 Å². The Bertz CT molecular complexity index is 711. The van der Waals surface area contributed by atoms with Crippen molar-refractivity contribution in [3.05, 3.63) is 54.4 Å². The zero-order chi connectivity index (χ0) is 12.5. The van der Waals surface area contributed by atoms with Crippen molar-refractivity contribution in [2.45, 2.75) is 0 Å². The molecule has 3 nitrogen and oxygen atoms in total. The van der Waals surface area contributed by atoms with Crippen LogP contribution in [0.2, 0.25) is 0 Å². The van der Waals surface area contributed by atoms with Gasteiger partial charge in [-0.05, 0) is 18.2 Å². The number of aromatic nitrogens is 2. The normalized spacial score (nSPS) is 10.7. The minimum atomic E-state index is 0.596. The summed E-state index contributed by atoms with van der Waals surface area (Å²) < 4.78 is 2.08. The Labute approximate surface area is 105 Å². The standard InChI is InChI=1S/C15H12N2O/c1-17-9-13(12-4-2-3-5-15(12)17)14-7-6-11(10-18)8-16-14/h2-10H,1H3. The molecule has 0 saturated carbocycles. The van der Waals surface area contributed by atoms with E-state index in [9.17, 15) is 4.79 Å². The zero-order valence-electron chi connectivity index (χ0n) is 10.00. The van der Waals surface area contributed by atoms with E-state index >= 15 is 0 Å². The van der Waals surface area contributed by atoms with Crippen LogP contribution in [0.4, 0.5) is 0 Å². The quantitative estimate of drug-likeness (QED) is 0.641. The molecule has 0 unspecified atom stereocenters. The van der Waals surface area contributed by atoms with E-state index in [2.05, 4.69) is 27.9 Å². The number of aldehydes is 1. The molecular weight excluding hydrogens is 224 g/mol. The Morgan fingerprint density at radius 2 is 2.00 bits per heavy atom. The number of carbonyl (C=O) groups excluding carboxylic acids is 1. The number of aryl methyl sites for hydroxylation is 1. The van der Waals surface area contributed by atoms with E-state index in [0.29, 0.717) is 5.56 Å². The van der Waals surface area contributed by atoms with Gasteiger partial charge in [0.2, 0.25) is 0 Å². The third kappa shape index (κ3) is 1.61. The fourth-order valence-electron chi connectivity index (χ4n) is 2.18. The topological polar surface area (TPSA) is 34.9 Å². The van der Waals surface area contributed by atoms with Crippen LogP contribution in [-0.4, -0.2) is 15.8 Å². The number of hydrogen-bond acceptors (Lipinski definition) is 2. The van der Waals surface area contributed by atoms with Crippen molar-refractivity contribution in [3.63, 3.8) is 0 Å². The van der Waals surface area contributed by atoms with Gasteiger partial charge in [0, 0.05) is 41.5 Å². The number of fused-ring (bicyclic) bond motifs is 1. The molecule has 2 aromatic heterocycles. The summed E-state index contributed by atoms with van der Waals surface area (Å²) in [4.78, 5) is 15.0. The lowest BCUT2D eigenvalue weighted by Crippen LogP contribution is -1.85. The maximum Gasteiger partial charge on any atom is 0.151 e. The molecule has 0 bridgehead atoms. The molecule has 18 heavy (non-hydrogen) atoms. The fraction of sp³-hybridized carbons (Fsp3) is 0.0667. The Morgan fingerprint density at radius 3 is 2.72 bits per heavy atom. The molecule has 0 amide bonds. The van der Waals surface area contributed by atoms with Gasteiger partial charge in [-0.2, -0.15) is 0 Å². The number of rotatable bonds is 2. The third-order valence-electron chi connectivity index (χ3n) is 3.10. The summed E-state index contributed by atoms with van der Waals surface area (Å²) in [6.07, 6.45) is 4.47. The summed E-state index contributed by atoms with van der Waals surface area (Å²) in [5.41, 5.74) is 3.75. The van der Waals surface area contributed by atoms with Crippen molar-refractivity contribution >= 4 is 17.2 Å². The minimum Gasteiger partial charge on any atom is -0.350 e. The molecule has 1 aromatic carbocycles. The van der Waals surface area contributed by atoms with Gasteiger partial charge in [0.1, 0.15) is 0 Å². The first kappa shape index (κ1) is 10.7. The van der Waals surface area contributed by atoms with Gasteiger partial charge in [-0.3, -0.25) is 9.78 Å². The van der Waals surface area contributed by atoms with Crippen molar-refractivity contribution in [1.82, 2.24) is 9.55 Å². The predicted molar refractivity (Wildman–Crippen MR) is 71.5 cm³/mol. The van der Waals surface area contributed by atoms with Crippen molar-refractivity contribution in [1.29, 1.82) is 0 Å². The number of nitrogens with zero attached hydrogens (tertiary/aromatic N) is 2. The van der Waals surface area contributed by atoms with Crippen LogP contribution in [0.5, 0.6) is 0 Å². The van der Waals surface area contributed by atoms with Crippen LogP contribution in [0.3, 0.4) is 0 Å². The third-order valence-corrected chi connectivity index (χ3v) is 3.10. The van der Waals surface area contributed by atoms with E-state index < -0.39 is 0 Å². The Balaban J connectivity index is 2.21. The first-order valence-corrected chi connectivity index (χ1v) is 5.75. The second-order valence-corrected chi connectivity index (χ2v) is 4.27. The Hall–Kier alpha value is -2.42. The average Bonchev–Trinajstić information content (AvgIpc) is 2.77. The van der Waals surface area contributed by atoms with Crippen LogP contribution in [-0.2, 0) is 7.05 Å². The summed E-state index contributed by atoms with van der Waals surface area (Å²) in [6, 6.07) is 11.9. The van der Waals surface area contributed by atoms with E-state index in [1.54, 1.807) is 12.3 Å². The first-order chi connectivity index (χ1) is 8.79. The SMILES string of the molecule is Cn1cc(-c2ccc(C=O)cn2)c2ccccc21. The van der Waals surface area contributed by atoms with Gasteiger partial charge < -0.3 is 4.57 Å². The Morgan fingerprint density at radius 1 is 1.17 bits per heavy atom. The van der Waals surface area contributed by atoms with Crippen LogP contribution in [0.15, 0.2) is 48.8 Å². The number of carbonyl (C=O) groups is 1. The van der Waals surface area contributed by atoms with Gasteiger partial charge in [0.15, 0.2) is 6.29 Å². The molecule has 0 N–H and O–H groups in total. The molecule has 0 aliphatic rings. The zero-order valence-corrected chi connectivity index (χ0v) is 10.00. The van der Waals surface area contributed by atoms with Gasteiger partial charge in [0.25, 0.3) is 0 Å². The maximum absolute atomic E-state index is 10.6.